The van der Waals surface area contributed by atoms with Crippen LogP contribution < -0.4 is 11.1 Å². The fourth-order valence-corrected chi connectivity index (χ4v) is 2.10. The van der Waals surface area contributed by atoms with Gasteiger partial charge in [0.15, 0.2) is 0 Å². The molecular formula is C16H17FN2O. The molecule has 0 heterocycles. The Morgan fingerprint density at radius 1 is 1.25 bits per heavy atom. The molecule has 0 saturated heterocycles. The van der Waals surface area contributed by atoms with Crippen LogP contribution in [0.2, 0.25) is 0 Å². The van der Waals surface area contributed by atoms with E-state index < -0.39 is 0 Å². The Morgan fingerprint density at radius 3 is 2.70 bits per heavy atom. The lowest BCUT2D eigenvalue weighted by Crippen LogP contribution is -2.16. The second kappa shape index (κ2) is 6.19. The standard InChI is InChI=1S/C16H17FN2O/c1-11(12-6-4-7-14(17)9-12)19-15-8-3-2-5-13(15)10-16(18)20/h2-9,11,19H,10H2,1H3,(H2,18,20). The molecule has 104 valence electrons. The molecule has 0 fully saturated rings. The molecule has 0 bridgehead atoms. The van der Waals surface area contributed by atoms with Crippen LogP contribution in [-0.2, 0) is 11.2 Å². The van der Waals surface area contributed by atoms with Gasteiger partial charge in [-0.3, -0.25) is 4.79 Å². The number of primary amides is 1. The van der Waals surface area contributed by atoms with E-state index in [-0.39, 0.29) is 24.2 Å². The van der Waals surface area contributed by atoms with Gasteiger partial charge in [-0.25, -0.2) is 4.39 Å². The second-order valence-electron chi connectivity index (χ2n) is 4.72. The first-order valence-corrected chi connectivity index (χ1v) is 6.44. The van der Waals surface area contributed by atoms with E-state index in [4.69, 9.17) is 5.73 Å². The van der Waals surface area contributed by atoms with Crippen LogP contribution in [0.4, 0.5) is 10.1 Å². The number of halogens is 1. The van der Waals surface area contributed by atoms with Crippen molar-refractivity contribution in [2.24, 2.45) is 5.73 Å². The van der Waals surface area contributed by atoms with Gasteiger partial charge in [0.2, 0.25) is 5.91 Å². The Hall–Kier alpha value is -2.36. The number of rotatable bonds is 5. The van der Waals surface area contributed by atoms with Gasteiger partial charge in [0.25, 0.3) is 0 Å². The number of carbonyl (C=O) groups excluding carboxylic acids is 1. The SMILES string of the molecule is CC(Nc1ccccc1CC(N)=O)c1cccc(F)c1. The molecule has 0 saturated carbocycles. The number of hydrogen-bond acceptors (Lipinski definition) is 2. The summed E-state index contributed by atoms with van der Waals surface area (Å²) in [5, 5.41) is 3.28. The van der Waals surface area contributed by atoms with Gasteiger partial charge in [-0.05, 0) is 36.2 Å². The Kier molecular flexibility index (Phi) is 4.35. The summed E-state index contributed by atoms with van der Waals surface area (Å²) in [5.41, 5.74) is 7.76. The maximum Gasteiger partial charge on any atom is 0.221 e. The molecule has 2 aromatic carbocycles. The van der Waals surface area contributed by atoms with Crippen molar-refractivity contribution < 1.29 is 9.18 Å². The lowest BCUT2D eigenvalue weighted by atomic mass is 10.1. The largest absolute Gasteiger partial charge is 0.378 e. The Morgan fingerprint density at radius 2 is 2.00 bits per heavy atom. The average Bonchev–Trinajstić information content (AvgIpc) is 2.40. The molecule has 0 aliphatic carbocycles. The number of para-hydroxylation sites is 1. The van der Waals surface area contributed by atoms with Gasteiger partial charge in [0, 0.05) is 11.7 Å². The van der Waals surface area contributed by atoms with E-state index in [2.05, 4.69) is 5.32 Å². The molecule has 0 spiro atoms. The molecule has 3 nitrogen and oxygen atoms in total. The predicted molar refractivity (Wildman–Crippen MR) is 77.8 cm³/mol. The van der Waals surface area contributed by atoms with E-state index in [9.17, 15) is 9.18 Å². The molecule has 1 amide bonds. The van der Waals surface area contributed by atoms with Crippen LogP contribution in [0.25, 0.3) is 0 Å². The zero-order valence-corrected chi connectivity index (χ0v) is 11.3. The van der Waals surface area contributed by atoms with Gasteiger partial charge in [-0.1, -0.05) is 30.3 Å². The number of nitrogens with one attached hydrogen (secondary N) is 1. The van der Waals surface area contributed by atoms with Crippen LogP contribution >= 0.6 is 0 Å². The quantitative estimate of drug-likeness (QED) is 0.879. The minimum Gasteiger partial charge on any atom is -0.378 e. The van der Waals surface area contributed by atoms with Crippen molar-refractivity contribution in [2.75, 3.05) is 5.32 Å². The second-order valence-corrected chi connectivity index (χ2v) is 4.72. The third-order valence-electron chi connectivity index (χ3n) is 3.10. The van der Waals surface area contributed by atoms with E-state index in [0.717, 1.165) is 16.8 Å². The molecule has 1 atom stereocenters. The van der Waals surface area contributed by atoms with Gasteiger partial charge in [-0.15, -0.1) is 0 Å². The van der Waals surface area contributed by atoms with E-state index in [1.54, 1.807) is 6.07 Å². The maximum atomic E-state index is 13.2. The summed E-state index contributed by atoms with van der Waals surface area (Å²) in [6.45, 7) is 1.94. The fourth-order valence-electron chi connectivity index (χ4n) is 2.10. The van der Waals surface area contributed by atoms with Crippen molar-refractivity contribution in [1.29, 1.82) is 0 Å². The van der Waals surface area contributed by atoms with Crippen molar-refractivity contribution >= 4 is 11.6 Å². The normalized spacial score (nSPS) is 11.9. The minimum absolute atomic E-state index is 0.0697. The first kappa shape index (κ1) is 14.1. The number of nitrogens with two attached hydrogens (primary N) is 1. The lowest BCUT2D eigenvalue weighted by molar-refractivity contribution is -0.117. The summed E-state index contributed by atoms with van der Waals surface area (Å²) in [6, 6.07) is 13.8. The predicted octanol–water partition coefficient (Wildman–Crippen LogP) is 3.03. The van der Waals surface area contributed by atoms with Gasteiger partial charge in [0.1, 0.15) is 5.82 Å². The molecule has 2 rings (SSSR count). The van der Waals surface area contributed by atoms with Crippen molar-refractivity contribution in [3.05, 3.63) is 65.5 Å². The zero-order valence-electron chi connectivity index (χ0n) is 11.3. The molecule has 20 heavy (non-hydrogen) atoms. The monoisotopic (exact) mass is 272 g/mol. The van der Waals surface area contributed by atoms with Crippen LogP contribution in [0.5, 0.6) is 0 Å². The van der Waals surface area contributed by atoms with E-state index >= 15 is 0 Å². The Labute approximate surface area is 117 Å². The molecule has 0 aliphatic heterocycles. The highest BCUT2D eigenvalue weighted by atomic mass is 19.1. The maximum absolute atomic E-state index is 13.2. The van der Waals surface area contributed by atoms with E-state index in [0.29, 0.717) is 0 Å². The molecule has 0 aromatic heterocycles. The summed E-state index contributed by atoms with van der Waals surface area (Å²) in [6.07, 6.45) is 0.180. The number of amides is 1. The van der Waals surface area contributed by atoms with E-state index in [1.807, 2.05) is 37.3 Å². The van der Waals surface area contributed by atoms with Gasteiger partial charge >= 0.3 is 0 Å². The smallest absolute Gasteiger partial charge is 0.221 e. The molecular weight excluding hydrogens is 255 g/mol. The number of benzene rings is 2. The van der Waals surface area contributed by atoms with Crippen LogP contribution in [-0.4, -0.2) is 5.91 Å². The average molecular weight is 272 g/mol. The molecule has 4 heteroatoms. The highest BCUT2D eigenvalue weighted by Gasteiger charge is 2.10. The van der Waals surface area contributed by atoms with Crippen LogP contribution in [0.1, 0.15) is 24.1 Å². The van der Waals surface area contributed by atoms with Crippen molar-refractivity contribution in [3.8, 4) is 0 Å². The number of anilines is 1. The first-order chi connectivity index (χ1) is 9.56. The van der Waals surface area contributed by atoms with E-state index in [1.165, 1.54) is 12.1 Å². The number of carbonyl (C=O) groups is 1. The zero-order chi connectivity index (χ0) is 14.5. The first-order valence-electron chi connectivity index (χ1n) is 6.44. The topological polar surface area (TPSA) is 55.1 Å². The summed E-state index contributed by atoms with van der Waals surface area (Å²) in [5.74, 6) is -0.640. The third kappa shape index (κ3) is 3.57. The summed E-state index contributed by atoms with van der Waals surface area (Å²) in [7, 11) is 0. The van der Waals surface area contributed by atoms with Crippen molar-refractivity contribution in [2.45, 2.75) is 19.4 Å². The molecule has 1 unspecified atom stereocenters. The van der Waals surface area contributed by atoms with Crippen LogP contribution in [0.3, 0.4) is 0 Å². The summed E-state index contributed by atoms with van der Waals surface area (Å²) >= 11 is 0. The minimum atomic E-state index is -0.377. The highest BCUT2D eigenvalue weighted by molar-refractivity contribution is 5.78. The Bertz CT molecular complexity index is 613. The third-order valence-corrected chi connectivity index (χ3v) is 3.10. The molecule has 3 N–H and O–H groups in total. The van der Waals surface area contributed by atoms with Crippen LogP contribution in [0, 0.1) is 5.82 Å². The molecule has 0 radical (unpaired) electrons. The van der Waals surface area contributed by atoms with Crippen molar-refractivity contribution in [3.63, 3.8) is 0 Å². The lowest BCUT2D eigenvalue weighted by Gasteiger charge is -2.18. The van der Waals surface area contributed by atoms with Crippen LogP contribution in [0.15, 0.2) is 48.5 Å². The summed E-state index contributed by atoms with van der Waals surface area (Å²) < 4.78 is 13.2. The van der Waals surface area contributed by atoms with Gasteiger partial charge < -0.3 is 11.1 Å². The molecule has 2 aromatic rings. The van der Waals surface area contributed by atoms with Gasteiger partial charge in [-0.2, -0.15) is 0 Å². The van der Waals surface area contributed by atoms with Gasteiger partial charge in [0.05, 0.1) is 6.42 Å². The summed E-state index contributed by atoms with van der Waals surface area (Å²) in [4.78, 5) is 11.1. The molecule has 0 aliphatic rings. The Balaban J connectivity index is 2.19. The van der Waals surface area contributed by atoms with Crippen molar-refractivity contribution in [1.82, 2.24) is 0 Å². The number of hydrogen-bond donors (Lipinski definition) is 2. The fraction of sp³-hybridized carbons (Fsp3) is 0.188. The highest BCUT2D eigenvalue weighted by Crippen LogP contribution is 2.23.